The molecule has 0 saturated heterocycles. The summed E-state index contributed by atoms with van der Waals surface area (Å²) in [6.45, 7) is 6.85. The van der Waals surface area contributed by atoms with Crippen LogP contribution in [0.4, 0.5) is 0 Å². The summed E-state index contributed by atoms with van der Waals surface area (Å²) in [5, 5.41) is 6.27. The van der Waals surface area contributed by atoms with Gasteiger partial charge in [-0.2, -0.15) is 0 Å². The largest absolute Gasteiger partial charge is 0.380 e. The number of fused-ring (bicyclic) bond motifs is 3. The highest BCUT2D eigenvalue weighted by Crippen LogP contribution is 2.32. The van der Waals surface area contributed by atoms with Crippen LogP contribution in [0, 0.1) is 6.92 Å². The molecule has 1 aromatic heterocycles. The minimum absolute atomic E-state index is 0.0635. The van der Waals surface area contributed by atoms with Crippen molar-refractivity contribution < 1.29 is 24.0 Å². The Labute approximate surface area is 271 Å². The van der Waals surface area contributed by atoms with Gasteiger partial charge in [-0.15, -0.1) is 11.8 Å². The molecule has 7 nitrogen and oxygen atoms in total. The molecule has 4 aromatic carbocycles. The first kappa shape index (κ1) is 32.2. The lowest BCUT2D eigenvalue weighted by molar-refractivity contribution is -0.140. The van der Waals surface area contributed by atoms with Crippen LogP contribution < -0.4 is 0 Å². The molecule has 0 N–H and O–H groups in total. The van der Waals surface area contributed by atoms with Gasteiger partial charge < -0.3 is 14.1 Å². The summed E-state index contributed by atoms with van der Waals surface area (Å²) in [5.41, 5.74) is 4.51. The number of Topliss-reactive ketones (excluding diaryl/α,β-unsaturated/α-hetero) is 1. The number of carbonyl (C=O) groups excluding carboxylic acids is 3. The first-order valence-corrected chi connectivity index (χ1v) is 16.0. The summed E-state index contributed by atoms with van der Waals surface area (Å²) >= 11 is 7.55. The van der Waals surface area contributed by atoms with Crippen LogP contribution in [-0.4, -0.2) is 46.8 Å². The molecular weight excluding hydrogens is 608 g/mol. The van der Waals surface area contributed by atoms with Crippen molar-refractivity contribution in [2.75, 3.05) is 19.0 Å². The van der Waals surface area contributed by atoms with E-state index in [4.69, 9.17) is 21.2 Å². The highest BCUT2D eigenvalue weighted by Gasteiger charge is 2.20. The maximum absolute atomic E-state index is 13.8. The lowest BCUT2D eigenvalue weighted by Gasteiger charge is -2.09. The van der Waals surface area contributed by atoms with E-state index in [1.165, 1.54) is 6.92 Å². The van der Waals surface area contributed by atoms with Crippen molar-refractivity contribution in [2.45, 2.75) is 38.6 Å². The number of carbonyl (C=O) groups is 3. The van der Waals surface area contributed by atoms with Gasteiger partial charge in [-0.1, -0.05) is 41.0 Å². The molecule has 5 aromatic rings. The Kier molecular flexibility index (Phi) is 10.5. The number of ketones is 2. The third-order valence-electron chi connectivity index (χ3n) is 7.41. The van der Waals surface area contributed by atoms with Gasteiger partial charge in [-0.05, 0) is 80.1 Å². The first-order valence-electron chi connectivity index (χ1n) is 14.7. The summed E-state index contributed by atoms with van der Waals surface area (Å²) < 4.78 is 7.80. The Morgan fingerprint density at radius 3 is 2.22 bits per heavy atom. The summed E-state index contributed by atoms with van der Waals surface area (Å²) in [4.78, 5) is 44.8. The molecule has 5 rings (SSSR count). The standard InChI is InChI=1S/C36H33ClN2O5S/c1-4-43-19-18-39-33-15-9-25(35(41)29-8-6-5-7-23(29)2)21-30(33)31-22-26(10-16-34(31)39)36(42)32(38-44-24(3)40)17-20-45-28-13-11-27(37)12-14-28/h5-16,21-22H,4,17-20H2,1-3H3/b38-32+. The van der Waals surface area contributed by atoms with E-state index < -0.39 is 5.97 Å². The number of ether oxygens (including phenoxy) is 1. The maximum atomic E-state index is 13.8. The maximum Gasteiger partial charge on any atom is 0.331 e. The van der Waals surface area contributed by atoms with Crippen molar-refractivity contribution >= 4 is 68.4 Å². The number of halogens is 1. The van der Waals surface area contributed by atoms with Gasteiger partial charge in [-0.25, -0.2) is 4.79 Å². The van der Waals surface area contributed by atoms with Gasteiger partial charge in [0.1, 0.15) is 5.71 Å². The van der Waals surface area contributed by atoms with Crippen molar-refractivity contribution in [1.29, 1.82) is 0 Å². The van der Waals surface area contributed by atoms with Gasteiger partial charge in [0.25, 0.3) is 0 Å². The Balaban J connectivity index is 1.52. The Morgan fingerprint density at radius 2 is 1.56 bits per heavy atom. The molecule has 0 aliphatic heterocycles. The number of hydrogen-bond acceptors (Lipinski definition) is 7. The van der Waals surface area contributed by atoms with E-state index in [2.05, 4.69) is 9.72 Å². The van der Waals surface area contributed by atoms with Crippen molar-refractivity contribution in [3.05, 3.63) is 112 Å². The van der Waals surface area contributed by atoms with Crippen LogP contribution in [-0.2, 0) is 20.9 Å². The van der Waals surface area contributed by atoms with E-state index >= 15 is 0 Å². The van der Waals surface area contributed by atoms with Gasteiger partial charge in [0.2, 0.25) is 5.78 Å². The fourth-order valence-corrected chi connectivity index (χ4v) is 6.18. The zero-order valence-corrected chi connectivity index (χ0v) is 26.9. The third-order valence-corrected chi connectivity index (χ3v) is 8.68. The van der Waals surface area contributed by atoms with Crippen molar-refractivity contribution in [2.24, 2.45) is 5.16 Å². The number of aromatic nitrogens is 1. The minimum atomic E-state index is -0.607. The predicted molar refractivity (Wildman–Crippen MR) is 181 cm³/mol. The van der Waals surface area contributed by atoms with Crippen LogP contribution in [0.3, 0.4) is 0 Å². The lowest BCUT2D eigenvalue weighted by atomic mass is 9.97. The van der Waals surface area contributed by atoms with E-state index in [9.17, 15) is 14.4 Å². The summed E-state index contributed by atoms with van der Waals surface area (Å²) in [7, 11) is 0. The van der Waals surface area contributed by atoms with Crippen LogP contribution in [0.2, 0.25) is 5.02 Å². The molecule has 45 heavy (non-hydrogen) atoms. The molecule has 0 spiro atoms. The van der Waals surface area contributed by atoms with E-state index in [0.717, 1.165) is 32.3 Å². The van der Waals surface area contributed by atoms with Crippen molar-refractivity contribution in [1.82, 2.24) is 4.57 Å². The smallest absolute Gasteiger partial charge is 0.331 e. The lowest BCUT2D eigenvalue weighted by Crippen LogP contribution is -2.17. The second-order valence-electron chi connectivity index (χ2n) is 10.5. The second kappa shape index (κ2) is 14.7. The highest BCUT2D eigenvalue weighted by atomic mass is 35.5. The molecule has 0 atom stereocenters. The quantitative estimate of drug-likeness (QED) is 0.0321. The fraction of sp³-hybridized carbons (Fsp3) is 0.222. The predicted octanol–water partition coefficient (Wildman–Crippen LogP) is 8.31. The third kappa shape index (κ3) is 7.53. The average molecular weight is 641 g/mol. The van der Waals surface area contributed by atoms with Crippen LogP contribution in [0.5, 0.6) is 0 Å². The normalized spacial score (nSPS) is 11.7. The number of oxime groups is 1. The van der Waals surface area contributed by atoms with E-state index in [1.807, 2.05) is 92.7 Å². The molecule has 0 saturated carbocycles. The van der Waals surface area contributed by atoms with Gasteiger partial charge in [0, 0.05) is 80.7 Å². The summed E-state index contributed by atoms with van der Waals surface area (Å²) in [6.07, 6.45) is 0.280. The van der Waals surface area contributed by atoms with Gasteiger partial charge in [-0.3, -0.25) is 9.59 Å². The molecular formula is C36H33ClN2O5S. The fourth-order valence-electron chi connectivity index (χ4n) is 5.19. The van der Waals surface area contributed by atoms with Gasteiger partial charge >= 0.3 is 5.97 Å². The highest BCUT2D eigenvalue weighted by molar-refractivity contribution is 7.99. The van der Waals surface area contributed by atoms with E-state index in [-0.39, 0.29) is 23.7 Å². The van der Waals surface area contributed by atoms with Gasteiger partial charge in [0.05, 0.1) is 6.61 Å². The van der Waals surface area contributed by atoms with Crippen LogP contribution in [0.1, 0.15) is 52.1 Å². The Morgan fingerprint density at radius 1 is 0.889 bits per heavy atom. The topological polar surface area (TPSA) is 87.0 Å². The number of hydrogen-bond donors (Lipinski definition) is 0. The summed E-state index contributed by atoms with van der Waals surface area (Å²) in [6, 6.07) is 26.2. The van der Waals surface area contributed by atoms with Crippen LogP contribution in [0.15, 0.2) is 95.0 Å². The minimum Gasteiger partial charge on any atom is -0.380 e. The van der Waals surface area contributed by atoms with Crippen LogP contribution >= 0.6 is 23.4 Å². The zero-order valence-electron chi connectivity index (χ0n) is 25.3. The summed E-state index contributed by atoms with van der Waals surface area (Å²) in [5.74, 6) is -0.468. The second-order valence-corrected chi connectivity index (χ2v) is 12.1. The van der Waals surface area contributed by atoms with Crippen molar-refractivity contribution in [3.8, 4) is 0 Å². The number of benzene rings is 4. The number of rotatable bonds is 13. The van der Waals surface area contributed by atoms with E-state index in [0.29, 0.717) is 47.2 Å². The monoisotopic (exact) mass is 640 g/mol. The van der Waals surface area contributed by atoms with Crippen molar-refractivity contribution in [3.63, 3.8) is 0 Å². The number of thioether (sulfide) groups is 1. The first-order chi connectivity index (χ1) is 21.8. The Bertz CT molecular complexity index is 1910. The molecule has 0 radical (unpaired) electrons. The van der Waals surface area contributed by atoms with Crippen LogP contribution in [0.25, 0.3) is 21.8 Å². The molecule has 0 fully saturated rings. The molecule has 0 unspecified atom stereocenters. The molecule has 0 aliphatic carbocycles. The Hall–Kier alpha value is -4.24. The molecule has 0 amide bonds. The molecule has 0 bridgehead atoms. The number of nitrogens with zero attached hydrogens (tertiary/aromatic N) is 2. The molecule has 9 heteroatoms. The molecule has 1 heterocycles. The zero-order chi connectivity index (χ0) is 31.9. The average Bonchev–Trinajstić information content (AvgIpc) is 3.35. The SMILES string of the molecule is CCOCCn1c2ccc(C(=O)/C(CCSc3ccc(Cl)cc3)=N/OC(C)=O)cc2c2cc(C(=O)c3ccccc3C)ccc21. The van der Waals surface area contributed by atoms with E-state index in [1.54, 1.807) is 17.8 Å². The molecule has 230 valence electrons. The molecule has 0 aliphatic rings. The number of aryl methyl sites for hydroxylation is 1. The van der Waals surface area contributed by atoms with Gasteiger partial charge in [0.15, 0.2) is 5.78 Å².